The lowest BCUT2D eigenvalue weighted by molar-refractivity contribution is 0.0998. The molecule has 2 fully saturated rings. The molecule has 0 radical (unpaired) electrons. The number of hydrogen-bond acceptors (Lipinski definition) is 6. The first-order chi connectivity index (χ1) is 18.3. The molecule has 6 rings (SSSR count). The molecule has 1 aliphatic carbocycles. The van der Waals surface area contributed by atoms with Crippen LogP contribution in [0.1, 0.15) is 47.9 Å². The standard InChI is InChI=1S/C28H32FN5O2S2/c1-19-13-26-22(15-30-34(26)24-9-7-23(29)8-10-24)14-25(19)27-17-33(38(35,36)28-18-37-20(2)31-28)12-11-32(27)16-21-5-3-4-6-21/h7-10,13-15,18,21,27H,3-6,11-12,16-17H2,1-2H3/t27-/m1/s1. The maximum absolute atomic E-state index is 13.5. The van der Waals surface area contributed by atoms with Gasteiger partial charge in [-0.3, -0.25) is 4.90 Å². The number of piperazine rings is 1. The smallest absolute Gasteiger partial charge is 0.261 e. The maximum atomic E-state index is 13.5. The van der Waals surface area contributed by atoms with E-state index in [0.717, 1.165) is 39.3 Å². The van der Waals surface area contributed by atoms with E-state index in [1.807, 2.05) is 17.8 Å². The molecule has 1 saturated carbocycles. The monoisotopic (exact) mass is 553 g/mol. The van der Waals surface area contributed by atoms with E-state index in [4.69, 9.17) is 0 Å². The van der Waals surface area contributed by atoms with Crippen molar-refractivity contribution in [3.8, 4) is 5.69 Å². The lowest BCUT2D eigenvalue weighted by Gasteiger charge is -2.42. The second-order valence-electron chi connectivity index (χ2n) is 10.5. The molecule has 3 heterocycles. The average molecular weight is 554 g/mol. The molecule has 2 aromatic heterocycles. The van der Waals surface area contributed by atoms with Crippen molar-refractivity contribution < 1.29 is 12.8 Å². The van der Waals surface area contributed by atoms with Crippen molar-refractivity contribution in [1.82, 2.24) is 24.0 Å². The van der Waals surface area contributed by atoms with E-state index >= 15 is 0 Å². The summed E-state index contributed by atoms with van der Waals surface area (Å²) in [5, 5.41) is 8.11. The molecule has 4 aromatic rings. The highest BCUT2D eigenvalue weighted by Crippen LogP contribution is 2.36. The Labute approximate surface area is 227 Å². The molecule has 2 aliphatic rings. The molecule has 7 nitrogen and oxygen atoms in total. The molecule has 1 aliphatic heterocycles. The van der Waals surface area contributed by atoms with E-state index in [0.29, 0.717) is 25.6 Å². The van der Waals surface area contributed by atoms with Crippen molar-refractivity contribution in [2.75, 3.05) is 26.2 Å². The zero-order chi connectivity index (χ0) is 26.4. The van der Waals surface area contributed by atoms with Crippen molar-refractivity contribution in [3.63, 3.8) is 0 Å². The molecule has 0 amide bonds. The number of hydrogen-bond donors (Lipinski definition) is 0. The third-order valence-electron chi connectivity index (χ3n) is 8.01. The minimum Gasteiger partial charge on any atom is -0.293 e. The molecular formula is C28H32FN5O2S2. The average Bonchev–Trinajstić information content (AvgIpc) is 3.66. The summed E-state index contributed by atoms with van der Waals surface area (Å²) >= 11 is 1.36. The van der Waals surface area contributed by atoms with Gasteiger partial charge in [-0.05, 0) is 80.1 Å². The fourth-order valence-corrected chi connectivity index (χ4v) is 8.33. The fraction of sp³-hybridized carbons (Fsp3) is 0.429. The van der Waals surface area contributed by atoms with Gasteiger partial charge in [0.1, 0.15) is 5.82 Å². The summed E-state index contributed by atoms with van der Waals surface area (Å²) in [6.45, 7) is 6.45. The Morgan fingerprint density at radius 2 is 1.84 bits per heavy atom. The second kappa shape index (κ2) is 10.1. The first-order valence-electron chi connectivity index (χ1n) is 13.2. The van der Waals surface area contributed by atoms with Gasteiger partial charge in [-0.25, -0.2) is 22.5 Å². The third-order valence-corrected chi connectivity index (χ3v) is 10.7. The Kier molecular flexibility index (Phi) is 6.84. The molecule has 0 bridgehead atoms. The molecule has 1 atom stereocenters. The number of thiazole rings is 1. The molecule has 2 aromatic carbocycles. The van der Waals surface area contributed by atoms with Crippen LogP contribution in [-0.4, -0.2) is 58.6 Å². The summed E-state index contributed by atoms with van der Waals surface area (Å²) in [5.41, 5.74) is 3.96. The van der Waals surface area contributed by atoms with Crippen LogP contribution in [0.3, 0.4) is 0 Å². The van der Waals surface area contributed by atoms with Gasteiger partial charge in [0, 0.05) is 43.0 Å². The molecular weight excluding hydrogens is 521 g/mol. The zero-order valence-electron chi connectivity index (χ0n) is 21.7. The summed E-state index contributed by atoms with van der Waals surface area (Å²) in [7, 11) is -3.66. The minimum absolute atomic E-state index is 0.0579. The van der Waals surface area contributed by atoms with Crippen LogP contribution >= 0.6 is 11.3 Å². The van der Waals surface area contributed by atoms with Crippen molar-refractivity contribution in [2.24, 2.45) is 5.92 Å². The molecule has 0 spiro atoms. The molecule has 200 valence electrons. The molecule has 1 saturated heterocycles. The number of halogens is 1. The van der Waals surface area contributed by atoms with Crippen molar-refractivity contribution in [2.45, 2.75) is 50.6 Å². The number of rotatable bonds is 6. The Balaban J connectivity index is 1.37. The van der Waals surface area contributed by atoms with Crippen molar-refractivity contribution >= 4 is 32.3 Å². The normalized spacial score (nSPS) is 20.0. The SMILES string of the molecule is Cc1nc(S(=O)(=O)N2CCN(CC3CCCC3)[C@@H](c3cc4cnn(-c5ccc(F)cc5)c4cc3C)C2)cs1. The van der Waals surface area contributed by atoms with Crippen LogP contribution in [-0.2, 0) is 10.0 Å². The van der Waals surface area contributed by atoms with Gasteiger partial charge < -0.3 is 0 Å². The summed E-state index contributed by atoms with van der Waals surface area (Å²) in [6, 6.07) is 10.5. The van der Waals surface area contributed by atoms with Crippen LogP contribution < -0.4 is 0 Å². The Hall–Kier alpha value is -2.66. The van der Waals surface area contributed by atoms with E-state index in [2.05, 4.69) is 34.0 Å². The molecule has 10 heteroatoms. The quantitative estimate of drug-likeness (QED) is 0.316. The number of aryl methyl sites for hydroxylation is 2. The lowest BCUT2D eigenvalue weighted by atomic mass is 9.95. The predicted molar refractivity (Wildman–Crippen MR) is 148 cm³/mol. The third kappa shape index (κ3) is 4.79. The number of aromatic nitrogens is 3. The van der Waals surface area contributed by atoms with Gasteiger partial charge in [0.25, 0.3) is 10.0 Å². The first-order valence-corrected chi connectivity index (χ1v) is 15.5. The highest BCUT2D eigenvalue weighted by Gasteiger charge is 2.37. The van der Waals surface area contributed by atoms with E-state index in [1.165, 1.54) is 49.2 Å². The van der Waals surface area contributed by atoms with E-state index in [-0.39, 0.29) is 16.9 Å². The van der Waals surface area contributed by atoms with Gasteiger partial charge in [0.05, 0.1) is 22.4 Å². The molecule has 0 unspecified atom stereocenters. The fourth-order valence-electron chi connectivity index (χ4n) is 5.99. The van der Waals surface area contributed by atoms with Crippen molar-refractivity contribution in [3.05, 3.63) is 69.9 Å². The number of fused-ring (bicyclic) bond motifs is 1. The second-order valence-corrected chi connectivity index (χ2v) is 13.5. The van der Waals surface area contributed by atoms with Crippen LogP contribution in [0.15, 0.2) is 53.0 Å². The van der Waals surface area contributed by atoms with Crippen LogP contribution in [0.5, 0.6) is 0 Å². The predicted octanol–water partition coefficient (Wildman–Crippen LogP) is 5.48. The summed E-state index contributed by atoms with van der Waals surface area (Å²) < 4.78 is 44.0. The Bertz CT molecular complexity index is 1560. The van der Waals surface area contributed by atoms with Gasteiger partial charge in [-0.2, -0.15) is 9.40 Å². The molecule has 38 heavy (non-hydrogen) atoms. The van der Waals surface area contributed by atoms with Crippen LogP contribution in [0, 0.1) is 25.6 Å². The molecule has 0 N–H and O–H groups in total. The number of sulfonamides is 1. The Morgan fingerprint density at radius 1 is 1.08 bits per heavy atom. The van der Waals surface area contributed by atoms with E-state index in [9.17, 15) is 12.8 Å². The summed E-state index contributed by atoms with van der Waals surface area (Å²) in [6.07, 6.45) is 6.87. The lowest BCUT2D eigenvalue weighted by Crippen LogP contribution is -2.51. The number of nitrogens with zero attached hydrogens (tertiary/aromatic N) is 5. The maximum Gasteiger partial charge on any atom is 0.261 e. The van der Waals surface area contributed by atoms with Crippen molar-refractivity contribution in [1.29, 1.82) is 0 Å². The largest absolute Gasteiger partial charge is 0.293 e. The van der Waals surface area contributed by atoms with Gasteiger partial charge in [0.15, 0.2) is 5.03 Å². The van der Waals surface area contributed by atoms with Gasteiger partial charge in [0.2, 0.25) is 0 Å². The van der Waals surface area contributed by atoms with Gasteiger partial charge in [-0.15, -0.1) is 11.3 Å². The Morgan fingerprint density at radius 3 is 2.55 bits per heavy atom. The summed E-state index contributed by atoms with van der Waals surface area (Å²) in [4.78, 5) is 6.79. The van der Waals surface area contributed by atoms with Gasteiger partial charge in [-0.1, -0.05) is 12.8 Å². The first kappa shape index (κ1) is 25.6. The summed E-state index contributed by atoms with van der Waals surface area (Å²) in [5.74, 6) is 0.378. The van der Waals surface area contributed by atoms with E-state index in [1.54, 1.807) is 21.8 Å². The van der Waals surface area contributed by atoms with Gasteiger partial charge >= 0.3 is 0 Å². The topological polar surface area (TPSA) is 71.3 Å². The highest BCUT2D eigenvalue weighted by molar-refractivity contribution is 7.89. The van der Waals surface area contributed by atoms with Crippen LogP contribution in [0.4, 0.5) is 4.39 Å². The zero-order valence-corrected chi connectivity index (χ0v) is 23.3. The number of benzene rings is 2. The van der Waals surface area contributed by atoms with E-state index < -0.39 is 10.0 Å². The minimum atomic E-state index is -3.66. The van der Waals surface area contributed by atoms with Crippen LogP contribution in [0.2, 0.25) is 0 Å². The van der Waals surface area contributed by atoms with Crippen LogP contribution in [0.25, 0.3) is 16.6 Å². The highest BCUT2D eigenvalue weighted by atomic mass is 32.2.